The van der Waals surface area contributed by atoms with Gasteiger partial charge in [-0.3, -0.25) is 9.59 Å². The van der Waals surface area contributed by atoms with Crippen LogP contribution in [0.15, 0.2) is 35.1 Å². The Morgan fingerprint density at radius 2 is 2.14 bits per heavy atom. The Hall–Kier alpha value is -3.27. The third-order valence-electron chi connectivity index (χ3n) is 4.17. The van der Waals surface area contributed by atoms with E-state index < -0.39 is 12.1 Å². The molecule has 3 heterocycles. The standard InChI is InChI=1S/C18H16N4O5S/c1-10-7-16(24)22-18(19-10)28-15(20-22)9-26-17(25)14-8-21(11(2)23)12-5-3-4-6-13(12)27-14/h3-7,14H,8-9H2,1-2H3/t14-/m0/s1. The van der Waals surface area contributed by atoms with Gasteiger partial charge in [0.1, 0.15) is 12.4 Å². The van der Waals surface area contributed by atoms with Crippen molar-refractivity contribution < 1.29 is 19.1 Å². The van der Waals surface area contributed by atoms with E-state index >= 15 is 0 Å². The van der Waals surface area contributed by atoms with Crippen molar-refractivity contribution in [3.05, 3.63) is 51.4 Å². The van der Waals surface area contributed by atoms with Crippen LogP contribution in [0.25, 0.3) is 4.96 Å². The van der Waals surface area contributed by atoms with Crippen molar-refractivity contribution in [2.75, 3.05) is 11.4 Å². The molecule has 0 saturated carbocycles. The first-order chi connectivity index (χ1) is 13.4. The maximum Gasteiger partial charge on any atom is 0.349 e. The zero-order valence-corrected chi connectivity index (χ0v) is 15.9. The van der Waals surface area contributed by atoms with Gasteiger partial charge in [-0.15, -0.1) is 0 Å². The first-order valence-corrected chi connectivity index (χ1v) is 9.31. The van der Waals surface area contributed by atoms with E-state index in [0.717, 1.165) is 0 Å². The Labute approximate surface area is 163 Å². The number of hydrogen-bond acceptors (Lipinski definition) is 8. The van der Waals surface area contributed by atoms with Gasteiger partial charge in [0.15, 0.2) is 5.01 Å². The molecular formula is C18H16N4O5S. The van der Waals surface area contributed by atoms with Crippen LogP contribution in [0.5, 0.6) is 5.75 Å². The van der Waals surface area contributed by atoms with Crippen LogP contribution in [-0.4, -0.2) is 39.1 Å². The van der Waals surface area contributed by atoms with Crippen molar-refractivity contribution in [1.82, 2.24) is 14.6 Å². The van der Waals surface area contributed by atoms with Crippen molar-refractivity contribution in [3.8, 4) is 5.75 Å². The van der Waals surface area contributed by atoms with Gasteiger partial charge >= 0.3 is 5.97 Å². The fraction of sp³-hybridized carbons (Fsp3) is 0.278. The van der Waals surface area contributed by atoms with Gasteiger partial charge in [-0.1, -0.05) is 23.5 Å². The van der Waals surface area contributed by atoms with Gasteiger partial charge in [0.05, 0.1) is 12.2 Å². The minimum atomic E-state index is -0.948. The molecule has 10 heteroatoms. The van der Waals surface area contributed by atoms with Gasteiger partial charge in [0, 0.05) is 18.7 Å². The van der Waals surface area contributed by atoms with E-state index in [4.69, 9.17) is 9.47 Å². The second kappa shape index (κ2) is 7.04. The molecule has 0 fully saturated rings. The lowest BCUT2D eigenvalue weighted by Gasteiger charge is -2.33. The highest BCUT2D eigenvalue weighted by Gasteiger charge is 2.33. The number of aromatic nitrogens is 3. The quantitative estimate of drug-likeness (QED) is 0.611. The molecule has 2 aromatic heterocycles. The van der Waals surface area contributed by atoms with E-state index in [0.29, 0.717) is 27.1 Å². The van der Waals surface area contributed by atoms with Crippen LogP contribution in [0.1, 0.15) is 17.6 Å². The van der Waals surface area contributed by atoms with E-state index in [-0.39, 0.29) is 24.6 Å². The number of anilines is 1. The molecule has 1 atom stereocenters. The zero-order chi connectivity index (χ0) is 19.8. The summed E-state index contributed by atoms with van der Waals surface area (Å²) in [5, 5.41) is 4.56. The van der Waals surface area contributed by atoms with Crippen LogP contribution in [-0.2, 0) is 20.9 Å². The second-order valence-electron chi connectivity index (χ2n) is 6.24. The molecule has 0 bridgehead atoms. The molecule has 4 rings (SSSR count). The maximum atomic E-state index is 12.5. The molecule has 9 nitrogen and oxygen atoms in total. The van der Waals surface area contributed by atoms with Crippen molar-refractivity contribution in [2.45, 2.75) is 26.6 Å². The zero-order valence-electron chi connectivity index (χ0n) is 15.1. The average molecular weight is 400 g/mol. The number of benzene rings is 1. The number of rotatable bonds is 3. The van der Waals surface area contributed by atoms with E-state index in [2.05, 4.69) is 10.1 Å². The SMILES string of the molecule is CC(=O)N1C[C@@H](C(=O)OCc2nn3c(=O)cc(C)nc3s2)Oc2ccccc21. The largest absolute Gasteiger partial charge is 0.475 e. The van der Waals surface area contributed by atoms with Gasteiger partial charge < -0.3 is 14.4 Å². The number of amides is 1. The third-order valence-corrected chi connectivity index (χ3v) is 5.05. The summed E-state index contributed by atoms with van der Waals surface area (Å²) in [6.45, 7) is 3.09. The molecule has 1 aliphatic rings. The summed E-state index contributed by atoms with van der Waals surface area (Å²) in [5.41, 5.74) is 0.919. The summed E-state index contributed by atoms with van der Waals surface area (Å²) in [7, 11) is 0. The van der Waals surface area contributed by atoms with Gasteiger partial charge in [-0.05, 0) is 19.1 Å². The number of fused-ring (bicyclic) bond motifs is 2. The number of carbonyl (C=O) groups excluding carboxylic acids is 2. The van der Waals surface area contributed by atoms with Gasteiger partial charge in [-0.25, -0.2) is 9.78 Å². The van der Waals surface area contributed by atoms with Gasteiger partial charge in [0.25, 0.3) is 5.56 Å². The topological polar surface area (TPSA) is 103 Å². The minimum Gasteiger partial charge on any atom is -0.475 e. The van der Waals surface area contributed by atoms with Gasteiger partial charge in [0.2, 0.25) is 17.0 Å². The number of hydrogen-bond donors (Lipinski definition) is 0. The number of aryl methyl sites for hydroxylation is 1. The summed E-state index contributed by atoms with van der Waals surface area (Å²) < 4.78 is 12.2. The van der Waals surface area contributed by atoms with Crippen LogP contribution < -0.4 is 15.2 Å². The highest BCUT2D eigenvalue weighted by atomic mass is 32.1. The summed E-state index contributed by atoms with van der Waals surface area (Å²) in [4.78, 5) is 42.5. The Morgan fingerprint density at radius 1 is 1.36 bits per heavy atom. The summed E-state index contributed by atoms with van der Waals surface area (Å²) in [6, 6.07) is 8.39. The minimum absolute atomic E-state index is 0.0607. The van der Waals surface area contributed by atoms with Crippen LogP contribution in [0.4, 0.5) is 5.69 Å². The lowest BCUT2D eigenvalue weighted by Crippen LogP contribution is -2.47. The molecule has 0 radical (unpaired) electrons. The molecule has 0 unspecified atom stereocenters. The molecule has 0 N–H and O–H groups in total. The number of carbonyl (C=O) groups is 2. The normalized spacial score (nSPS) is 15.8. The smallest absolute Gasteiger partial charge is 0.349 e. The van der Waals surface area contributed by atoms with Crippen LogP contribution in [0.2, 0.25) is 0 Å². The second-order valence-corrected chi connectivity index (χ2v) is 7.28. The molecule has 0 saturated heterocycles. The number of ether oxygens (including phenoxy) is 2. The van der Waals surface area contributed by atoms with Crippen molar-refractivity contribution >= 4 is 33.9 Å². The average Bonchev–Trinajstić information content (AvgIpc) is 3.08. The summed E-state index contributed by atoms with van der Waals surface area (Å²) >= 11 is 1.17. The monoisotopic (exact) mass is 400 g/mol. The van der Waals surface area contributed by atoms with E-state index in [9.17, 15) is 14.4 Å². The highest BCUT2D eigenvalue weighted by molar-refractivity contribution is 7.16. The molecule has 28 heavy (non-hydrogen) atoms. The van der Waals surface area contributed by atoms with Gasteiger partial charge in [-0.2, -0.15) is 9.61 Å². The number of esters is 1. The molecule has 1 amide bonds. The Morgan fingerprint density at radius 3 is 2.93 bits per heavy atom. The van der Waals surface area contributed by atoms with Crippen LogP contribution in [0, 0.1) is 6.92 Å². The maximum absolute atomic E-state index is 12.5. The Balaban J connectivity index is 1.49. The first-order valence-electron chi connectivity index (χ1n) is 8.49. The Kier molecular flexibility index (Phi) is 4.55. The van der Waals surface area contributed by atoms with Crippen LogP contribution >= 0.6 is 11.3 Å². The van der Waals surface area contributed by atoms with Crippen molar-refractivity contribution in [3.63, 3.8) is 0 Å². The summed E-state index contributed by atoms with van der Waals surface area (Å²) in [6.07, 6.45) is -0.948. The van der Waals surface area contributed by atoms with E-state index in [1.54, 1.807) is 31.2 Å². The summed E-state index contributed by atoms with van der Waals surface area (Å²) in [5.74, 6) is -0.367. The van der Waals surface area contributed by atoms with Crippen LogP contribution in [0.3, 0.4) is 0 Å². The highest BCUT2D eigenvalue weighted by Crippen LogP contribution is 2.33. The molecule has 1 aliphatic heterocycles. The molecule has 3 aromatic rings. The molecule has 0 aliphatic carbocycles. The predicted molar refractivity (Wildman–Crippen MR) is 101 cm³/mol. The first kappa shape index (κ1) is 18.1. The fourth-order valence-corrected chi connectivity index (χ4v) is 3.76. The molecular weight excluding hydrogens is 384 g/mol. The van der Waals surface area contributed by atoms with Crippen molar-refractivity contribution in [1.29, 1.82) is 0 Å². The number of nitrogens with zero attached hydrogens (tertiary/aromatic N) is 4. The molecule has 1 aromatic carbocycles. The number of para-hydroxylation sites is 2. The predicted octanol–water partition coefficient (Wildman–Crippen LogP) is 1.32. The Bertz CT molecular complexity index is 1140. The lowest BCUT2D eigenvalue weighted by molar-refractivity contribution is -0.153. The third kappa shape index (κ3) is 3.33. The fourth-order valence-electron chi connectivity index (χ4n) is 2.90. The van der Waals surface area contributed by atoms with Crippen molar-refractivity contribution in [2.24, 2.45) is 0 Å². The molecule has 144 valence electrons. The lowest BCUT2D eigenvalue weighted by atomic mass is 10.2. The molecule has 0 spiro atoms. The van der Waals surface area contributed by atoms with E-state index in [1.807, 2.05) is 0 Å². The van der Waals surface area contributed by atoms with E-state index in [1.165, 1.54) is 33.7 Å².